The highest BCUT2D eigenvalue weighted by Crippen LogP contribution is 2.32. The Bertz CT molecular complexity index is 1320. The Hall–Kier alpha value is -3.15. The lowest BCUT2D eigenvalue weighted by Gasteiger charge is -2.28. The number of pyridine rings is 2. The number of imidazole rings is 1. The van der Waals surface area contributed by atoms with Crippen LogP contribution in [0.3, 0.4) is 0 Å². The number of hydrogen-bond donors (Lipinski definition) is 1. The van der Waals surface area contributed by atoms with Gasteiger partial charge in [0.2, 0.25) is 0 Å². The van der Waals surface area contributed by atoms with Gasteiger partial charge in [0.05, 0.1) is 16.6 Å². The summed E-state index contributed by atoms with van der Waals surface area (Å²) >= 11 is 0. The van der Waals surface area contributed by atoms with Crippen LogP contribution >= 0.6 is 0 Å². The van der Waals surface area contributed by atoms with Crippen LogP contribution in [0.25, 0.3) is 27.7 Å². The number of anilines is 1. The Morgan fingerprint density at radius 1 is 1.03 bits per heavy atom. The van der Waals surface area contributed by atoms with Crippen molar-refractivity contribution < 1.29 is 4.79 Å². The number of nitrogens with zero attached hydrogens (tertiary/aromatic N) is 4. The molecule has 0 bridgehead atoms. The lowest BCUT2D eigenvalue weighted by molar-refractivity contribution is 0.0944. The number of nitrogens with one attached hydrogen (secondary N) is 1. The Labute approximate surface area is 201 Å². The molecule has 6 nitrogen and oxygen atoms in total. The van der Waals surface area contributed by atoms with E-state index in [0.29, 0.717) is 11.2 Å². The topological polar surface area (TPSA) is 62.5 Å². The molecule has 1 unspecified atom stereocenters. The molecule has 4 heterocycles. The molecule has 6 heteroatoms. The van der Waals surface area contributed by atoms with Crippen LogP contribution in [0.2, 0.25) is 0 Å². The maximum Gasteiger partial charge on any atom is 0.255 e. The van der Waals surface area contributed by atoms with Crippen molar-refractivity contribution in [3.05, 3.63) is 48.2 Å². The van der Waals surface area contributed by atoms with Crippen LogP contribution in [0.5, 0.6) is 0 Å². The van der Waals surface area contributed by atoms with Crippen LogP contribution in [-0.4, -0.2) is 39.4 Å². The van der Waals surface area contributed by atoms with Gasteiger partial charge in [0.15, 0.2) is 5.65 Å². The maximum atomic E-state index is 13.3. The summed E-state index contributed by atoms with van der Waals surface area (Å²) in [5.41, 5.74) is 5.12. The van der Waals surface area contributed by atoms with E-state index < -0.39 is 0 Å². The molecule has 1 aliphatic rings. The third-order valence-corrected chi connectivity index (χ3v) is 7.00. The van der Waals surface area contributed by atoms with Gasteiger partial charge in [0.25, 0.3) is 5.91 Å². The Morgan fingerprint density at radius 2 is 1.82 bits per heavy atom. The molecule has 0 saturated carbocycles. The number of carbonyl (C=O) groups excluding carboxylic acids is 1. The zero-order valence-electron chi connectivity index (χ0n) is 20.6. The molecule has 34 heavy (non-hydrogen) atoms. The number of carbonyl (C=O) groups is 1. The molecular weight excluding hydrogens is 422 g/mol. The SMILES string of the molecule is CC1CCCCCN(c2ccnc3c2cc(C(=O)NC(C)C)c2nc4ccccc4n23)CCC1. The van der Waals surface area contributed by atoms with Gasteiger partial charge in [-0.05, 0) is 63.3 Å². The largest absolute Gasteiger partial charge is 0.371 e. The van der Waals surface area contributed by atoms with Gasteiger partial charge in [-0.15, -0.1) is 0 Å². The molecular formula is C28H35N5O. The van der Waals surface area contributed by atoms with E-state index in [2.05, 4.69) is 33.7 Å². The van der Waals surface area contributed by atoms with Gasteiger partial charge in [-0.2, -0.15) is 0 Å². The van der Waals surface area contributed by atoms with E-state index in [9.17, 15) is 4.79 Å². The maximum absolute atomic E-state index is 13.3. The van der Waals surface area contributed by atoms with Gasteiger partial charge in [-0.3, -0.25) is 9.20 Å². The summed E-state index contributed by atoms with van der Waals surface area (Å²) in [7, 11) is 0. The van der Waals surface area contributed by atoms with E-state index in [1.807, 2.05) is 44.3 Å². The normalized spacial score (nSPS) is 18.1. The fraction of sp³-hybridized carbons (Fsp3) is 0.464. The third kappa shape index (κ3) is 4.33. The van der Waals surface area contributed by atoms with Crippen LogP contribution in [0.4, 0.5) is 5.69 Å². The summed E-state index contributed by atoms with van der Waals surface area (Å²) in [5, 5.41) is 4.08. The van der Waals surface area contributed by atoms with Crippen molar-refractivity contribution in [3.8, 4) is 0 Å². The van der Waals surface area contributed by atoms with Crippen molar-refractivity contribution >= 4 is 39.3 Å². The Kier molecular flexibility index (Phi) is 6.40. The predicted molar refractivity (Wildman–Crippen MR) is 140 cm³/mol. The lowest BCUT2D eigenvalue weighted by atomic mass is 9.96. The quantitative estimate of drug-likeness (QED) is 0.412. The van der Waals surface area contributed by atoms with Crippen LogP contribution in [-0.2, 0) is 0 Å². The first-order valence-electron chi connectivity index (χ1n) is 12.8. The predicted octanol–water partition coefficient (Wildman–Crippen LogP) is 5.97. The van der Waals surface area contributed by atoms with E-state index in [-0.39, 0.29) is 11.9 Å². The molecule has 3 aromatic heterocycles. The van der Waals surface area contributed by atoms with Crippen molar-refractivity contribution in [1.82, 2.24) is 19.7 Å². The minimum Gasteiger partial charge on any atom is -0.371 e. The lowest BCUT2D eigenvalue weighted by Crippen LogP contribution is -2.31. The van der Waals surface area contributed by atoms with Crippen LogP contribution < -0.4 is 10.2 Å². The van der Waals surface area contributed by atoms with E-state index in [1.165, 1.54) is 38.5 Å². The summed E-state index contributed by atoms with van der Waals surface area (Å²) in [5.74, 6) is 0.694. The number of para-hydroxylation sites is 2. The van der Waals surface area contributed by atoms with Gasteiger partial charge in [-0.25, -0.2) is 9.97 Å². The molecule has 1 N–H and O–H groups in total. The monoisotopic (exact) mass is 457 g/mol. The molecule has 1 saturated heterocycles. The highest BCUT2D eigenvalue weighted by molar-refractivity contribution is 6.07. The van der Waals surface area contributed by atoms with Crippen molar-refractivity contribution in [2.24, 2.45) is 5.92 Å². The molecule has 5 rings (SSSR count). The number of aromatic nitrogens is 3. The second kappa shape index (κ2) is 9.61. The van der Waals surface area contributed by atoms with Gasteiger partial charge in [0.1, 0.15) is 5.65 Å². The fourth-order valence-electron chi connectivity index (χ4n) is 5.28. The summed E-state index contributed by atoms with van der Waals surface area (Å²) in [4.78, 5) is 25.5. The Balaban J connectivity index is 1.71. The number of amides is 1. The zero-order chi connectivity index (χ0) is 23.7. The molecule has 178 valence electrons. The minimum atomic E-state index is -0.0956. The van der Waals surface area contributed by atoms with Crippen molar-refractivity contribution in [2.45, 2.75) is 65.3 Å². The first-order valence-corrected chi connectivity index (χ1v) is 12.8. The second-order valence-electron chi connectivity index (χ2n) is 10.1. The molecule has 1 amide bonds. The summed E-state index contributed by atoms with van der Waals surface area (Å²) in [6.07, 6.45) is 9.46. The van der Waals surface area contributed by atoms with Crippen molar-refractivity contribution in [1.29, 1.82) is 0 Å². The average molecular weight is 458 g/mol. The minimum absolute atomic E-state index is 0.0463. The number of benzene rings is 1. The molecule has 0 radical (unpaired) electrons. The van der Waals surface area contributed by atoms with Gasteiger partial charge in [0, 0.05) is 36.4 Å². The summed E-state index contributed by atoms with van der Waals surface area (Å²) < 4.78 is 2.06. The van der Waals surface area contributed by atoms with Crippen molar-refractivity contribution in [3.63, 3.8) is 0 Å². The fourth-order valence-corrected chi connectivity index (χ4v) is 5.28. The standard InChI is InChI=1S/C28H35N5O/c1-19(2)30-28(34)22-18-21-24(32-16-8-4-5-10-20(3)11-9-17-32)14-15-29-26(21)33-25-13-7-6-12-23(25)31-27(22)33/h6-7,12-15,18-20H,4-5,8-11,16-17H2,1-3H3,(H,30,34). The smallest absolute Gasteiger partial charge is 0.255 e. The molecule has 1 aromatic carbocycles. The van der Waals surface area contributed by atoms with Crippen LogP contribution in [0.1, 0.15) is 69.7 Å². The van der Waals surface area contributed by atoms with Gasteiger partial charge < -0.3 is 10.2 Å². The molecule has 0 aliphatic carbocycles. The van der Waals surface area contributed by atoms with Gasteiger partial charge in [-0.1, -0.05) is 38.3 Å². The molecule has 4 aromatic rings. The summed E-state index contributed by atoms with van der Waals surface area (Å²) in [6, 6.07) is 12.2. The highest BCUT2D eigenvalue weighted by atomic mass is 16.1. The van der Waals surface area contributed by atoms with E-state index >= 15 is 0 Å². The highest BCUT2D eigenvalue weighted by Gasteiger charge is 2.22. The van der Waals surface area contributed by atoms with Gasteiger partial charge >= 0.3 is 0 Å². The first kappa shape index (κ1) is 22.6. The van der Waals surface area contributed by atoms with Crippen LogP contribution in [0.15, 0.2) is 42.6 Å². The summed E-state index contributed by atoms with van der Waals surface area (Å²) in [6.45, 7) is 8.41. The Morgan fingerprint density at radius 3 is 2.68 bits per heavy atom. The third-order valence-electron chi connectivity index (χ3n) is 7.00. The molecule has 1 aliphatic heterocycles. The number of hydrogen-bond acceptors (Lipinski definition) is 4. The van der Waals surface area contributed by atoms with Crippen LogP contribution in [0, 0.1) is 5.92 Å². The molecule has 1 atom stereocenters. The number of fused-ring (bicyclic) bond motifs is 5. The zero-order valence-corrected chi connectivity index (χ0v) is 20.6. The molecule has 1 fully saturated rings. The van der Waals surface area contributed by atoms with E-state index in [4.69, 9.17) is 9.97 Å². The van der Waals surface area contributed by atoms with E-state index in [1.54, 1.807) is 0 Å². The first-order chi connectivity index (χ1) is 16.5. The second-order valence-corrected chi connectivity index (χ2v) is 10.1. The number of rotatable bonds is 3. The molecule has 0 spiro atoms. The average Bonchev–Trinajstić information content (AvgIpc) is 3.21. The van der Waals surface area contributed by atoms with Crippen molar-refractivity contribution in [2.75, 3.05) is 18.0 Å². The van der Waals surface area contributed by atoms with E-state index in [0.717, 1.165) is 46.8 Å².